The number of carbonyl (C=O) groups excluding carboxylic acids is 2. The Morgan fingerprint density at radius 3 is 2.80 bits per heavy atom. The van der Waals surface area contributed by atoms with Gasteiger partial charge in [0.05, 0.1) is 18.8 Å². The van der Waals surface area contributed by atoms with Gasteiger partial charge in [-0.15, -0.1) is 0 Å². The van der Waals surface area contributed by atoms with Crippen molar-refractivity contribution in [1.29, 1.82) is 0 Å². The van der Waals surface area contributed by atoms with Crippen LogP contribution in [0.5, 0.6) is 0 Å². The van der Waals surface area contributed by atoms with Crippen LogP contribution in [0.1, 0.15) is 12.7 Å². The fraction of sp³-hybridized carbons (Fsp3) is 0.300. The number of hydrazone groups is 1. The van der Waals surface area contributed by atoms with Gasteiger partial charge in [0.25, 0.3) is 0 Å². The highest BCUT2D eigenvalue weighted by Gasteiger charge is 2.12. The lowest BCUT2D eigenvalue weighted by atomic mass is 10.5. The number of furan rings is 1. The van der Waals surface area contributed by atoms with Gasteiger partial charge >= 0.3 is 17.9 Å². The quantitative estimate of drug-likeness (QED) is 0.348. The molecule has 0 aliphatic carbocycles. The molecule has 10 nitrogen and oxygen atoms in total. The molecule has 20 heavy (non-hydrogen) atoms. The third-order valence-electron chi connectivity index (χ3n) is 1.98. The minimum atomic E-state index is -0.866. The third-order valence-corrected chi connectivity index (χ3v) is 1.98. The van der Waals surface area contributed by atoms with Crippen LogP contribution in [0.15, 0.2) is 21.7 Å². The lowest BCUT2D eigenvalue weighted by Crippen LogP contribution is -2.34. The van der Waals surface area contributed by atoms with Gasteiger partial charge in [-0.2, -0.15) is 5.10 Å². The van der Waals surface area contributed by atoms with Gasteiger partial charge in [0, 0.05) is 6.92 Å². The van der Waals surface area contributed by atoms with E-state index in [9.17, 15) is 19.7 Å². The van der Waals surface area contributed by atoms with E-state index in [2.05, 4.69) is 9.84 Å². The molecule has 0 aromatic carbocycles. The first kappa shape index (κ1) is 15.1. The number of rotatable bonds is 6. The van der Waals surface area contributed by atoms with E-state index in [0.717, 1.165) is 17.3 Å². The zero-order valence-electron chi connectivity index (χ0n) is 10.5. The summed E-state index contributed by atoms with van der Waals surface area (Å²) in [5.74, 6) is -0.868. The number of esters is 1. The zero-order chi connectivity index (χ0) is 15.1. The monoisotopic (exact) mass is 284 g/mol. The molecule has 0 unspecified atom stereocenters. The largest absolute Gasteiger partial charge is 0.464 e. The molecular weight excluding hydrogens is 272 g/mol. The van der Waals surface area contributed by atoms with Crippen LogP contribution in [0.4, 0.5) is 10.7 Å². The highest BCUT2D eigenvalue weighted by molar-refractivity contribution is 5.79. The van der Waals surface area contributed by atoms with Gasteiger partial charge in [-0.3, -0.25) is 14.9 Å². The summed E-state index contributed by atoms with van der Waals surface area (Å²) < 4.78 is 9.44. The molecule has 2 N–H and O–H groups in total. The summed E-state index contributed by atoms with van der Waals surface area (Å²) in [6.45, 7) is 1.10. The second-order valence-electron chi connectivity index (χ2n) is 3.48. The van der Waals surface area contributed by atoms with Crippen molar-refractivity contribution in [3.8, 4) is 0 Å². The van der Waals surface area contributed by atoms with Crippen LogP contribution in [0.25, 0.3) is 0 Å². The van der Waals surface area contributed by atoms with E-state index >= 15 is 0 Å². The molecule has 0 atom stereocenters. The molecule has 1 rings (SSSR count). The number of nitro groups is 1. The Morgan fingerprint density at radius 1 is 1.60 bits per heavy atom. The molecule has 0 bridgehead atoms. The summed E-state index contributed by atoms with van der Waals surface area (Å²) in [4.78, 5) is 31.3. The summed E-state index contributed by atoms with van der Waals surface area (Å²) >= 11 is 0. The van der Waals surface area contributed by atoms with E-state index in [4.69, 9.17) is 10.2 Å². The van der Waals surface area contributed by atoms with E-state index < -0.39 is 22.8 Å². The van der Waals surface area contributed by atoms with Crippen molar-refractivity contribution in [2.24, 2.45) is 10.8 Å². The molecule has 0 radical (unpaired) electrons. The minimum absolute atomic E-state index is 0.0474. The second-order valence-corrected chi connectivity index (χ2v) is 3.48. The van der Waals surface area contributed by atoms with Crippen LogP contribution in [-0.4, -0.2) is 41.3 Å². The van der Waals surface area contributed by atoms with E-state index in [1.54, 1.807) is 0 Å². The number of hydrogen-bond acceptors (Lipinski definition) is 7. The van der Waals surface area contributed by atoms with Crippen LogP contribution in [0.3, 0.4) is 0 Å². The Bertz CT molecular complexity index is 538. The lowest BCUT2D eigenvalue weighted by Gasteiger charge is -2.13. The molecule has 1 heterocycles. The Balaban J connectivity index is 2.63. The molecule has 0 spiro atoms. The van der Waals surface area contributed by atoms with Crippen LogP contribution in [-0.2, 0) is 9.53 Å². The predicted octanol–water partition coefficient (Wildman–Crippen LogP) is 0.465. The van der Waals surface area contributed by atoms with E-state index in [1.807, 2.05) is 0 Å². The molecule has 0 saturated heterocycles. The highest BCUT2D eigenvalue weighted by atomic mass is 16.6. The first-order valence-electron chi connectivity index (χ1n) is 5.38. The number of urea groups is 1. The summed E-state index contributed by atoms with van der Waals surface area (Å²) in [6.07, 6.45) is 1.09. The topological polar surface area (TPSA) is 141 Å². The minimum Gasteiger partial charge on any atom is -0.464 e. The van der Waals surface area contributed by atoms with Gasteiger partial charge in [-0.05, 0) is 6.07 Å². The van der Waals surface area contributed by atoms with Crippen molar-refractivity contribution in [3.63, 3.8) is 0 Å². The first-order chi connectivity index (χ1) is 9.40. The summed E-state index contributed by atoms with van der Waals surface area (Å²) in [7, 11) is 0. The molecule has 1 aromatic heterocycles. The summed E-state index contributed by atoms with van der Waals surface area (Å²) in [5.41, 5.74) is 5.07. The maximum atomic E-state index is 11.1. The van der Waals surface area contributed by atoms with Gasteiger partial charge in [-0.25, -0.2) is 9.80 Å². The van der Waals surface area contributed by atoms with E-state index in [1.165, 1.54) is 13.0 Å². The highest BCUT2D eigenvalue weighted by Crippen LogP contribution is 2.13. The summed E-state index contributed by atoms with van der Waals surface area (Å²) in [6, 6.07) is 1.59. The Morgan fingerprint density at radius 2 is 2.30 bits per heavy atom. The Kier molecular flexibility index (Phi) is 5.21. The standard InChI is InChI=1S/C10H12N4O6/c1-7(15)19-5-4-13(10(11)16)12-6-8-2-3-9(20-8)14(17)18/h2-3,6H,4-5H2,1H3,(H2,11,16)/b12-6+. The van der Waals surface area contributed by atoms with Crippen molar-refractivity contribution >= 4 is 24.1 Å². The predicted molar refractivity (Wildman–Crippen MR) is 65.9 cm³/mol. The SMILES string of the molecule is CC(=O)OCCN(/N=C/c1ccc([N+](=O)[O-])o1)C(N)=O. The van der Waals surface area contributed by atoms with Crippen molar-refractivity contribution < 1.29 is 23.7 Å². The number of primary amides is 1. The molecule has 10 heteroatoms. The van der Waals surface area contributed by atoms with Gasteiger partial charge in [0.15, 0.2) is 5.76 Å². The molecule has 0 aliphatic heterocycles. The van der Waals surface area contributed by atoms with Crippen molar-refractivity contribution in [2.45, 2.75) is 6.92 Å². The lowest BCUT2D eigenvalue weighted by molar-refractivity contribution is -0.402. The molecule has 2 amide bonds. The maximum absolute atomic E-state index is 11.1. The number of nitrogens with two attached hydrogens (primary N) is 1. The number of nitrogens with zero attached hydrogens (tertiary/aromatic N) is 3. The normalized spacial score (nSPS) is 10.4. The number of carbonyl (C=O) groups is 2. The average molecular weight is 284 g/mol. The van der Waals surface area contributed by atoms with Crippen molar-refractivity contribution in [3.05, 3.63) is 28.0 Å². The third kappa shape index (κ3) is 4.76. The fourth-order valence-corrected chi connectivity index (χ4v) is 1.14. The van der Waals surface area contributed by atoms with E-state index in [0.29, 0.717) is 0 Å². The second kappa shape index (κ2) is 6.87. The number of amides is 2. The zero-order valence-corrected chi connectivity index (χ0v) is 10.5. The molecule has 108 valence electrons. The van der Waals surface area contributed by atoms with Crippen LogP contribution >= 0.6 is 0 Å². The van der Waals surface area contributed by atoms with Crippen molar-refractivity contribution in [1.82, 2.24) is 5.01 Å². The molecule has 0 fully saturated rings. The van der Waals surface area contributed by atoms with Gasteiger partial charge in [0.1, 0.15) is 11.5 Å². The number of ether oxygens (including phenoxy) is 1. The summed E-state index contributed by atoms with van der Waals surface area (Å²) in [5, 5.41) is 14.9. The Labute approximate surface area is 112 Å². The van der Waals surface area contributed by atoms with Crippen LogP contribution < -0.4 is 5.73 Å². The maximum Gasteiger partial charge on any atom is 0.433 e. The average Bonchev–Trinajstić information content (AvgIpc) is 2.81. The molecule has 1 aromatic rings. The van der Waals surface area contributed by atoms with Crippen LogP contribution in [0.2, 0.25) is 0 Å². The van der Waals surface area contributed by atoms with E-state index in [-0.39, 0.29) is 18.9 Å². The van der Waals surface area contributed by atoms with Gasteiger partial charge in [-0.1, -0.05) is 0 Å². The smallest absolute Gasteiger partial charge is 0.433 e. The van der Waals surface area contributed by atoms with Crippen molar-refractivity contribution in [2.75, 3.05) is 13.2 Å². The Hall–Kier alpha value is -2.91. The molecule has 0 aliphatic rings. The molecular formula is C10H12N4O6. The first-order valence-corrected chi connectivity index (χ1v) is 5.38. The molecule has 0 saturated carbocycles. The van der Waals surface area contributed by atoms with Gasteiger partial charge < -0.3 is 14.9 Å². The fourth-order valence-electron chi connectivity index (χ4n) is 1.14. The number of hydrogen-bond donors (Lipinski definition) is 1. The van der Waals surface area contributed by atoms with Gasteiger partial charge in [0.2, 0.25) is 0 Å². The van der Waals surface area contributed by atoms with Crippen LogP contribution in [0, 0.1) is 10.1 Å².